The van der Waals surface area contributed by atoms with Crippen molar-refractivity contribution in [1.29, 1.82) is 0 Å². The van der Waals surface area contributed by atoms with Gasteiger partial charge < -0.3 is 0 Å². The highest BCUT2D eigenvalue weighted by Gasteiger charge is 2.41. The van der Waals surface area contributed by atoms with Gasteiger partial charge in [0.2, 0.25) is 0 Å². The first-order chi connectivity index (χ1) is 9.02. The van der Waals surface area contributed by atoms with E-state index in [1.165, 1.54) is 12.1 Å². The van der Waals surface area contributed by atoms with Crippen LogP contribution in [-0.2, 0) is 6.42 Å². The van der Waals surface area contributed by atoms with Crippen molar-refractivity contribution < 1.29 is 13.2 Å². The summed E-state index contributed by atoms with van der Waals surface area (Å²) in [6.07, 6.45) is -3.55. The summed E-state index contributed by atoms with van der Waals surface area (Å²) in [5.41, 5.74) is 1.50. The van der Waals surface area contributed by atoms with Crippen molar-refractivity contribution in [3.8, 4) is 0 Å². The Morgan fingerprint density at radius 3 is 2.11 bits per heavy atom. The highest BCUT2D eigenvalue weighted by Crippen LogP contribution is 2.40. The van der Waals surface area contributed by atoms with Crippen LogP contribution in [0, 0.1) is 0 Å². The molecule has 0 saturated carbocycles. The zero-order valence-corrected chi connectivity index (χ0v) is 10.6. The number of alkyl halides is 3. The second kappa shape index (κ2) is 5.47. The van der Waals surface area contributed by atoms with Gasteiger partial charge in [-0.3, -0.25) is 0 Å². The molecule has 0 aliphatic rings. The molecule has 0 saturated heterocycles. The van der Waals surface area contributed by atoms with Gasteiger partial charge >= 0.3 is 6.18 Å². The van der Waals surface area contributed by atoms with E-state index in [-0.39, 0.29) is 5.56 Å². The summed E-state index contributed by atoms with van der Waals surface area (Å²) in [7, 11) is 0. The van der Waals surface area contributed by atoms with Crippen molar-refractivity contribution in [3.05, 3.63) is 71.3 Å². The van der Waals surface area contributed by atoms with Crippen molar-refractivity contribution in [2.24, 2.45) is 0 Å². The first kappa shape index (κ1) is 13.7. The van der Waals surface area contributed by atoms with Gasteiger partial charge in [0.1, 0.15) is 5.92 Å². The predicted octanol–water partition coefficient (Wildman–Crippen LogP) is 4.94. The Hall–Kier alpha value is -1.77. The molecule has 0 aliphatic carbocycles. The first-order valence-electron chi connectivity index (χ1n) is 6.23. The SMILES string of the molecule is CCc1cccc(C(c2ccccc2)C(F)(F)F)c1. The van der Waals surface area contributed by atoms with Gasteiger partial charge in [-0.15, -0.1) is 0 Å². The van der Waals surface area contributed by atoms with E-state index in [2.05, 4.69) is 0 Å². The Bertz CT molecular complexity index is 529. The van der Waals surface area contributed by atoms with Crippen LogP contribution < -0.4 is 0 Å². The first-order valence-corrected chi connectivity index (χ1v) is 6.23. The van der Waals surface area contributed by atoms with E-state index in [1.54, 1.807) is 36.4 Å². The average Bonchev–Trinajstić information content (AvgIpc) is 2.39. The summed E-state index contributed by atoms with van der Waals surface area (Å²) in [5.74, 6) is -1.56. The monoisotopic (exact) mass is 264 g/mol. The smallest absolute Gasteiger partial charge is 0.170 e. The third-order valence-corrected chi connectivity index (χ3v) is 3.15. The van der Waals surface area contributed by atoms with Crippen LogP contribution in [0.2, 0.25) is 0 Å². The Kier molecular flexibility index (Phi) is 3.93. The summed E-state index contributed by atoms with van der Waals surface area (Å²) >= 11 is 0. The number of aryl methyl sites for hydroxylation is 1. The van der Waals surface area contributed by atoms with E-state index in [4.69, 9.17) is 0 Å². The number of hydrogen-bond donors (Lipinski definition) is 0. The van der Waals surface area contributed by atoms with Crippen molar-refractivity contribution in [2.45, 2.75) is 25.4 Å². The highest BCUT2D eigenvalue weighted by atomic mass is 19.4. The highest BCUT2D eigenvalue weighted by molar-refractivity contribution is 5.36. The summed E-state index contributed by atoms with van der Waals surface area (Å²) in [4.78, 5) is 0. The van der Waals surface area contributed by atoms with Gasteiger partial charge in [-0.1, -0.05) is 61.5 Å². The molecule has 2 aromatic rings. The summed E-state index contributed by atoms with van der Waals surface area (Å²) in [6.45, 7) is 1.93. The van der Waals surface area contributed by atoms with Crippen LogP contribution in [0.4, 0.5) is 13.2 Å². The lowest BCUT2D eigenvalue weighted by molar-refractivity contribution is -0.141. The largest absolute Gasteiger partial charge is 0.399 e. The Morgan fingerprint density at radius 1 is 0.895 bits per heavy atom. The molecule has 0 aliphatic heterocycles. The summed E-state index contributed by atoms with van der Waals surface area (Å²) in [5, 5.41) is 0. The lowest BCUT2D eigenvalue weighted by Gasteiger charge is -2.21. The molecule has 0 fully saturated rings. The molecule has 3 heteroatoms. The van der Waals surface area contributed by atoms with Gasteiger partial charge in [-0.25, -0.2) is 0 Å². The van der Waals surface area contributed by atoms with Gasteiger partial charge in [0.05, 0.1) is 0 Å². The molecule has 0 heterocycles. The van der Waals surface area contributed by atoms with Crippen LogP contribution >= 0.6 is 0 Å². The molecule has 0 N–H and O–H groups in total. The summed E-state index contributed by atoms with van der Waals surface area (Å²) < 4.78 is 40.0. The fourth-order valence-electron chi connectivity index (χ4n) is 2.21. The molecular formula is C16H15F3. The van der Waals surface area contributed by atoms with E-state index in [1.807, 2.05) is 13.0 Å². The van der Waals surface area contributed by atoms with Crippen LogP contribution in [0.5, 0.6) is 0 Å². The van der Waals surface area contributed by atoms with Crippen molar-refractivity contribution in [3.63, 3.8) is 0 Å². The molecular weight excluding hydrogens is 249 g/mol. The maximum Gasteiger partial charge on any atom is 0.399 e. The van der Waals surface area contributed by atoms with E-state index in [9.17, 15) is 13.2 Å². The lowest BCUT2D eigenvalue weighted by Crippen LogP contribution is -2.22. The number of benzene rings is 2. The second-order valence-electron chi connectivity index (χ2n) is 4.48. The zero-order chi connectivity index (χ0) is 13.9. The number of hydrogen-bond acceptors (Lipinski definition) is 0. The zero-order valence-electron chi connectivity index (χ0n) is 10.6. The third kappa shape index (κ3) is 3.16. The molecule has 2 aromatic carbocycles. The quantitative estimate of drug-likeness (QED) is 0.736. The molecule has 0 nitrogen and oxygen atoms in total. The minimum atomic E-state index is -4.28. The van der Waals surface area contributed by atoms with Crippen LogP contribution in [-0.4, -0.2) is 6.18 Å². The molecule has 2 rings (SSSR count). The van der Waals surface area contributed by atoms with Gasteiger partial charge in [0, 0.05) is 0 Å². The Morgan fingerprint density at radius 2 is 1.53 bits per heavy atom. The molecule has 0 radical (unpaired) electrons. The fourth-order valence-corrected chi connectivity index (χ4v) is 2.21. The molecule has 0 spiro atoms. The molecule has 0 bridgehead atoms. The maximum atomic E-state index is 13.3. The number of rotatable bonds is 3. The van der Waals surface area contributed by atoms with Crippen molar-refractivity contribution >= 4 is 0 Å². The van der Waals surface area contributed by atoms with Crippen LogP contribution in [0.25, 0.3) is 0 Å². The molecule has 100 valence electrons. The lowest BCUT2D eigenvalue weighted by atomic mass is 9.89. The Labute approximate surface area is 110 Å². The maximum absolute atomic E-state index is 13.3. The van der Waals surface area contributed by atoms with Gasteiger partial charge in [0.25, 0.3) is 0 Å². The molecule has 19 heavy (non-hydrogen) atoms. The van der Waals surface area contributed by atoms with Gasteiger partial charge in [0.15, 0.2) is 0 Å². The normalized spacial score (nSPS) is 13.3. The molecule has 0 amide bonds. The molecule has 0 aromatic heterocycles. The minimum Gasteiger partial charge on any atom is -0.170 e. The predicted molar refractivity (Wildman–Crippen MR) is 70.2 cm³/mol. The molecule has 1 atom stereocenters. The Balaban J connectivity index is 2.50. The van der Waals surface area contributed by atoms with E-state index < -0.39 is 12.1 Å². The molecule has 1 unspecified atom stereocenters. The second-order valence-corrected chi connectivity index (χ2v) is 4.48. The average molecular weight is 264 g/mol. The van der Waals surface area contributed by atoms with Crippen LogP contribution in [0.15, 0.2) is 54.6 Å². The fraction of sp³-hybridized carbons (Fsp3) is 0.250. The van der Waals surface area contributed by atoms with Gasteiger partial charge in [-0.2, -0.15) is 13.2 Å². The van der Waals surface area contributed by atoms with E-state index in [0.29, 0.717) is 5.56 Å². The number of halogens is 3. The standard InChI is InChI=1S/C16H15F3/c1-2-12-7-6-10-14(11-12)15(16(17,18)19)13-8-4-3-5-9-13/h3-11,15H,2H2,1H3. The van der Waals surface area contributed by atoms with Gasteiger partial charge in [-0.05, 0) is 23.1 Å². The topological polar surface area (TPSA) is 0 Å². The van der Waals surface area contributed by atoms with E-state index >= 15 is 0 Å². The van der Waals surface area contributed by atoms with E-state index in [0.717, 1.165) is 12.0 Å². The van der Waals surface area contributed by atoms with Crippen LogP contribution in [0.3, 0.4) is 0 Å². The summed E-state index contributed by atoms with van der Waals surface area (Å²) in [6, 6.07) is 14.8. The van der Waals surface area contributed by atoms with Crippen molar-refractivity contribution in [2.75, 3.05) is 0 Å². The van der Waals surface area contributed by atoms with Crippen molar-refractivity contribution in [1.82, 2.24) is 0 Å². The third-order valence-electron chi connectivity index (χ3n) is 3.15. The minimum absolute atomic E-state index is 0.281. The van der Waals surface area contributed by atoms with Crippen LogP contribution in [0.1, 0.15) is 29.5 Å².